The number of amides is 1. The fourth-order valence-corrected chi connectivity index (χ4v) is 3.73. The number of aromatic nitrogens is 1. The standard InChI is InChI=1S/C18H22N2O2S/c1-14-3-2-4-15(9-14)11-18(22)5-7-20(8-6-18)17(21)10-16-12-19-13-23-16/h2-4,9,12-13,22H,5-8,10-11H2,1H3. The summed E-state index contributed by atoms with van der Waals surface area (Å²) >= 11 is 1.51. The molecule has 5 heteroatoms. The Morgan fingerprint density at radius 3 is 2.83 bits per heavy atom. The third-order valence-corrected chi connectivity index (χ3v) is 5.25. The quantitative estimate of drug-likeness (QED) is 0.937. The third kappa shape index (κ3) is 4.18. The van der Waals surface area contributed by atoms with Crippen molar-refractivity contribution in [3.05, 3.63) is 52.0 Å². The molecule has 23 heavy (non-hydrogen) atoms. The molecule has 0 aliphatic carbocycles. The van der Waals surface area contributed by atoms with Gasteiger partial charge in [0.1, 0.15) is 0 Å². The number of aliphatic hydroxyl groups is 1. The van der Waals surface area contributed by atoms with Crippen molar-refractivity contribution in [2.24, 2.45) is 0 Å². The molecule has 0 spiro atoms. The maximum Gasteiger partial charge on any atom is 0.227 e. The first kappa shape index (κ1) is 16.1. The van der Waals surface area contributed by atoms with E-state index in [2.05, 4.69) is 30.1 Å². The number of carbonyl (C=O) groups excluding carboxylic acids is 1. The number of hydrogen-bond donors (Lipinski definition) is 1. The van der Waals surface area contributed by atoms with Gasteiger partial charge in [-0.05, 0) is 25.3 Å². The van der Waals surface area contributed by atoms with E-state index in [0.29, 0.717) is 38.8 Å². The minimum Gasteiger partial charge on any atom is -0.389 e. The summed E-state index contributed by atoms with van der Waals surface area (Å²) in [6.07, 6.45) is 4.10. The molecule has 1 amide bonds. The number of aryl methyl sites for hydroxylation is 1. The Morgan fingerprint density at radius 2 is 2.17 bits per heavy atom. The molecule has 1 fully saturated rings. The zero-order chi connectivity index (χ0) is 16.3. The van der Waals surface area contributed by atoms with E-state index in [1.807, 2.05) is 11.0 Å². The molecule has 0 bridgehead atoms. The third-order valence-electron chi connectivity index (χ3n) is 4.47. The lowest BCUT2D eigenvalue weighted by atomic mass is 9.85. The molecule has 122 valence electrons. The highest BCUT2D eigenvalue weighted by molar-refractivity contribution is 7.09. The lowest BCUT2D eigenvalue weighted by molar-refractivity contribution is -0.134. The molecule has 0 unspecified atom stereocenters. The van der Waals surface area contributed by atoms with Crippen LogP contribution in [0.4, 0.5) is 0 Å². The lowest BCUT2D eigenvalue weighted by Crippen LogP contribution is -2.48. The van der Waals surface area contributed by atoms with Gasteiger partial charge in [-0.2, -0.15) is 0 Å². The van der Waals surface area contributed by atoms with Crippen LogP contribution < -0.4 is 0 Å². The van der Waals surface area contributed by atoms with E-state index in [1.165, 1.54) is 16.9 Å². The van der Waals surface area contributed by atoms with Crippen LogP contribution in [-0.4, -0.2) is 39.6 Å². The van der Waals surface area contributed by atoms with Crippen LogP contribution in [0.15, 0.2) is 36.0 Å². The van der Waals surface area contributed by atoms with Crippen molar-refractivity contribution in [1.82, 2.24) is 9.88 Å². The van der Waals surface area contributed by atoms with Gasteiger partial charge in [-0.25, -0.2) is 0 Å². The first-order valence-corrected chi connectivity index (χ1v) is 8.85. The smallest absolute Gasteiger partial charge is 0.227 e. The van der Waals surface area contributed by atoms with Gasteiger partial charge in [-0.15, -0.1) is 11.3 Å². The minimum absolute atomic E-state index is 0.131. The molecule has 1 aliphatic rings. The molecule has 3 rings (SSSR count). The summed E-state index contributed by atoms with van der Waals surface area (Å²) in [5.74, 6) is 0.131. The zero-order valence-corrected chi connectivity index (χ0v) is 14.2. The van der Waals surface area contributed by atoms with Gasteiger partial charge in [0.15, 0.2) is 0 Å². The number of carbonyl (C=O) groups is 1. The Labute approximate surface area is 140 Å². The number of piperidine rings is 1. The van der Waals surface area contributed by atoms with E-state index in [9.17, 15) is 9.90 Å². The fourth-order valence-electron chi connectivity index (χ4n) is 3.14. The highest BCUT2D eigenvalue weighted by atomic mass is 32.1. The molecular formula is C18H22N2O2S. The van der Waals surface area contributed by atoms with Crippen molar-refractivity contribution in [3.63, 3.8) is 0 Å². The lowest BCUT2D eigenvalue weighted by Gasteiger charge is -2.38. The van der Waals surface area contributed by atoms with Gasteiger partial charge in [0.2, 0.25) is 5.91 Å². The van der Waals surface area contributed by atoms with Crippen LogP contribution in [0, 0.1) is 6.92 Å². The van der Waals surface area contributed by atoms with E-state index < -0.39 is 5.60 Å². The molecule has 1 saturated heterocycles. The van der Waals surface area contributed by atoms with Crippen molar-refractivity contribution >= 4 is 17.2 Å². The maximum absolute atomic E-state index is 12.3. The number of thiazole rings is 1. The molecule has 1 aromatic heterocycles. The first-order chi connectivity index (χ1) is 11.0. The second-order valence-corrected chi connectivity index (χ2v) is 7.39. The predicted octanol–water partition coefficient (Wildman–Crippen LogP) is 2.59. The van der Waals surface area contributed by atoms with Crippen LogP contribution in [0.3, 0.4) is 0 Å². The van der Waals surface area contributed by atoms with Gasteiger partial charge < -0.3 is 10.0 Å². The van der Waals surface area contributed by atoms with Crippen LogP contribution in [0.1, 0.15) is 28.8 Å². The average molecular weight is 330 g/mol. The summed E-state index contributed by atoms with van der Waals surface area (Å²) in [4.78, 5) is 19.2. The maximum atomic E-state index is 12.3. The summed E-state index contributed by atoms with van der Waals surface area (Å²) in [6, 6.07) is 8.28. The molecule has 2 aromatic rings. The van der Waals surface area contributed by atoms with E-state index in [-0.39, 0.29) is 5.91 Å². The van der Waals surface area contributed by atoms with Crippen LogP contribution in [-0.2, 0) is 17.6 Å². The van der Waals surface area contributed by atoms with E-state index in [0.717, 1.165) is 10.4 Å². The van der Waals surface area contributed by atoms with Gasteiger partial charge in [-0.3, -0.25) is 9.78 Å². The van der Waals surface area contributed by atoms with Gasteiger partial charge in [0, 0.05) is 30.6 Å². The SMILES string of the molecule is Cc1cccc(CC2(O)CCN(C(=O)Cc3cncs3)CC2)c1. The molecular weight excluding hydrogens is 308 g/mol. The Kier molecular flexibility index (Phi) is 4.78. The fraction of sp³-hybridized carbons (Fsp3) is 0.444. The minimum atomic E-state index is -0.699. The number of likely N-dealkylation sites (tertiary alicyclic amines) is 1. The number of hydrogen-bond acceptors (Lipinski definition) is 4. The molecule has 2 heterocycles. The number of nitrogens with zero attached hydrogens (tertiary/aromatic N) is 2. The summed E-state index contributed by atoms with van der Waals surface area (Å²) in [6.45, 7) is 3.31. The van der Waals surface area contributed by atoms with Crippen molar-refractivity contribution in [1.29, 1.82) is 0 Å². The van der Waals surface area contributed by atoms with Crippen molar-refractivity contribution < 1.29 is 9.90 Å². The Hall–Kier alpha value is -1.72. The van der Waals surface area contributed by atoms with E-state index >= 15 is 0 Å². The van der Waals surface area contributed by atoms with Crippen molar-refractivity contribution in [2.75, 3.05) is 13.1 Å². The number of benzene rings is 1. The van der Waals surface area contributed by atoms with Gasteiger partial charge >= 0.3 is 0 Å². The van der Waals surface area contributed by atoms with Gasteiger partial charge in [-0.1, -0.05) is 29.8 Å². The summed E-state index contributed by atoms with van der Waals surface area (Å²) in [5, 5.41) is 10.8. The predicted molar refractivity (Wildman–Crippen MR) is 91.5 cm³/mol. The molecule has 0 saturated carbocycles. The Balaban J connectivity index is 1.55. The molecule has 1 N–H and O–H groups in total. The van der Waals surface area contributed by atoms with Crippen molar-refractivity contribution in [2.45, 2.75) is 38.2 Å². The average Bonchev–Trinajstić information content (AvgIpc) is 3.00. The monoisotopic (exact) mass is 330 g/mol. The summed E-state index contributed by atoms with van der Waals surface area (Å²) in [5.41, 5.74) is 3.43. The van der Waals surface area contributed by atoms with Crippen LogP contribution in [0.2, 0.25) is 0 Å². The second-order valence-electron chi connectivity index (χ2n) is 6.42. The highest BCUT2D eigenvalue weighted by Crippen LogP contribution is 2.27. The normalized spacial score (nSPS) is 17.2. The van der Waals surface area contributed by atoms with Crippen LogP contribution in [0.5, 0.6) is 0 Å². The topological polar surface area (TPSA) is 53.4 Å². The van der Waals surface area contributed by atoms with Gasteiger partial charge in [0.05, 0.1) is 17.5 Å². The number of rotatable bonds is 4. The zero-order valence-electron chi connectivity index (χ0n) is 13.4. The molecule has 0 radical (unpaired) electrons. The van der Waals surface area contributed by atoms with Crippen LogP contribution in [0.25, 0.3) is 0 Å². The summed E-state index contributed by atoms with van der Waals surface area (Å²) in [7, 11) is 0. The molecule has 4 nitrogen and oxygen atoms in total. The first-order valence-electron chi connectivity index (χ1n) is 7.97. The second kappa shape index (κ2) is 6.81. The van der Waals surface area contributed by atoms with E-state index in [1.54, 1.807) is 11.7 Å². The van der Waals surface area contributed by atoms with Crippen LogP contribution >= 0.6 is 11.3 Å². The molecule has 0 atom stereocenters. The molecule has 1 aliphatic heterocycles. The Bertz CT molecular complexity index is 661. The van der Waals surface area contributed by atoms with Gasteiger partial charge in [0.25, 0.3) is 0 Å². The van der Waals surface area contributed by atoms with E-state index in [4.69, 9.17) is 0 Å². The van der Waals surface area contributed by atoms with Crippen molar-refractivity contribution in [3.8, 4) is 0 Å². The largest absolute Gasteiger partial charge is 0.389 e. The Morgan fingerprint density at radius 1 is 1.39 bits per heavy atom. The highest BCUT2D eigenvalue weighted by Gasteiger charge is 2.34. The summed E-state index contributed by atoms with van der Waals surface area (Å²) < 4.78 is 0. The molecule has 1 aromatic carbocycles.